The first-order valence-electron chi connectivity index (χ1n) is 9.35. The minimum Gasteiger partial charge on any atom is -0.465 e. The highest BCUT2D eigenvalue weighted by Crippen LogP contribution is 2.24. The summed E-state index contributed by atoms with van der Waals surface area (Å²) in [5, 5.41) is 2.91. The van der Waals surface area contributed by atoms with Crippen LogP contribution in [0.3, 0.4) is 0 Å². The van der Waals surface area contributed by atoms with Crippen LogP contribution < -0.4 is 5.32 Å². The number of nitrogens with zero attached hydrogens (tertiary/aromatic N) is 1. The number of nitrogens with one attached hydrogen (secondary N) is 2. The van der Waals surface area contributed by atoms with Crippen LogP contribution in [0.1, 0.15) is 44.9 Å². The van der Waals surface area contributed by atoms with Crippen LogP contribution in [0, 0.1) is 19.8 Å². The van der Waals surface area contributed by atoms with Crippen LogP contribution in [0.2, 0.25) is 0 Å². The third-order valence-corrected chi connectivity index (χ3v) is 5.16. The maximum Gasteiger partial charge on any atom is 0.339 e. The molecule has 7 heteroatoms. The van der Waals surface area contributed by atoms with E-state index in [2.05, 4.69) is 10.3 Å². The minimum atomic E-state index is -0.468. The molecule has 1 fully saturated rings. The molecule has 2 heterocycles. The van der Waals surface area contributed by atoms with Crippen molar-refractivity contribution >= 4 is 23.5 Å². The fourth-order valence-corrected chi connectivity index (χ4v) is 3.67. The van der Waals surface area contributed by atoms with Gasteiger partial charge in [-0.3, -0.25) is 9.59 Å². The van der Waals surface area contributed by atoms with Gasteiger partial charge in [0.1, 0.15) is 5.69 Å². The van der Waals surface area contributed by atoms with E-state index in [1.54, 1.807) is 18.7 Å². The number of para-hydroxylation sites is 1. The van der Waals surface area contributed by atoms with E-state index in [-0.39, 0.29) is 17.7 Å². The van der Waals surface area contributed by atoms with Gasteiger partial charge in [0.15, 0.2) is 0 Å². The number of hydrogen-bond acceptors (Lipinski definition) is 4. The van der Waals surface area contributed by atoms with Gasteiger partial charge in [-0.05, 0) is 44.4 Å². The molecule has 2 aromatic rings. The summed E-state index contributed by atoms with van der Waals surface area (Å²) < 4.78 is 4.80. The van der Waals surface area contributed by atoms with Crippen LogP contribution in [0.5, 0.6) is 0 Å². The highest BCUT2D eigenvalue weighted by atomic mass is 16.5. The predicted octanol–water partition coefficient (Wildman–Crippen LogP) is 2.91. The summed E-state index contributed by atoms with van der Waals surface area (Å²) in [5.74, 6) is -1.02. The molecule has 1 aromatic heterocycles. The number of ether oxygens (including phenoxy) is 1. The topological polar surface area (TPSA) is 91.5 Å². The van der Waals surface area contributed by atoms with Crippen molar-refractivity contribution in [1.82, 2.24) is 9.88 Å². The molecule has 2 N–H and O–H groups in total. The van der Waals surface area contributed by atoms with Crippen molar-refractivity contribution in [3.63, 3.8) is 0 Å². The first-order chi connectivity index (χ1) is 13.4. The lowest BCUT2D eigenvalue weighted by molar-refractivity contribution is -0.121. The molecule has 148 valence electrons. The van der Waals surface area contributed by atoms with E-state index >= 15 is 0 Å². The molecule has 1 aromatic carbocycles. The second-order valence-electron chi connectivity index (χ2n) is 7.06. The monoisotopic (exact) mass is 383 g/mol. The van der Waals surface area contributed by atoms with Crippen molar-refractivity contribution in [3.05, 3.63) is 52.8 Å². The number of aromatic nitrogens is 1. The molecule has 0 spiro atoms. The number of anilines is 1. The minimum absolute atomic E-state index is 0.0849. The molecule has 1 unspecified atom stereocenters. The van der Waals surface area contributed by atoms with E-state index in [4.69, 9.17) is 4.74 Å². The Labute approximate surface area is 164 Å². The number of carbonyl (C=O) groups is 3. The number of H-pyrrole nitrogens is 1. The molecule has 3 rings (SSSR count). The van der Waals surface area contributed by atoms with Gasteiger partial charge >= 0.3 is 5.97 Å². The highest BCUT2D eigenvalue weighted by molar-refractivity contribution is 6.01. The zero-order valence-electron chi connectivity index (χ0n) is 16.4. The van der Waals surface area contributed by atoms with Crippen molar-refractivity contribution < 1.29 is 19.1 Å². The summed E-state index contributed by atoms with van der Waals surface area (Å²) in [5.41, 5.74) is 2.69. The van der Waals surface area contributed by atoms with Crippen LogP contribution in [-0.2, 0) is 9.53 Å². The van der Waals surface area contributed by atoms with E-state index in [0.717, 1.165) is 18.5 Å². The Kier molecular flexibility index (Phi) is 5.82. The lowest BCUT2D eigenvalue weighted by Gasteiger charge is -2.32. The molecule has 0 bridgehead atoms. The van der Waals surface area contributed by atoms with E-state index in [1.165, 1.54) is 7.11 Å². The lowest BCUT2D eigenvalue weighted by Crippen LogP contribution is -2.44. The largest absolute Gasteiger partial charge is 0.465 e. The fourth-order valence-electron chi connectivity index (χ4n) is 3.67. The van der Waals surface area contributed by atoms with Crippen LogP contribution in [-0.4, -0.2) is 47.9 Å². The SMILES string of the molecule is COC(=O)c1c(C)[nH]c(C(=O)N2CCCC(C(=O)Nc3ccccc3)C2)c1C. The molecule has 1 aliphatic heterocycles. The molecular formula is C21H25N3O4. The summed E-state index contributed by atoms with van der Waals surface area (Å²) in [6.45, 7) is 4.40. The van der Waals surface area contributed by atoms with Crippen LogP contribution >= 0.6 is 0 Å². The van der Waals surface area contributed by atoms with Gasteiger partial charge in [-0.15, -0.1) is 0 Å². The van der Waals surface area contributed by atoms with Gasteiger partial charge in [0.05, 0.1) is 18.6 Å². The summed E-state index contributed by atoms with van der Waals surface area (Å²) >= 11 is 0. The van der Waals surface area contributed by atoms with Crippen LogP contribution in [0.4, 0.5) is 5.69 Å². The Hall–Kier alpha value is -3.09. The average Bonchev–Trinajstić information content (AvgIpc) is 3.01. The number of carbonyl (C=O) groups excluding carboxylic acids is 3. The second-order valence-corrected chi connectivity index (χ2v) is 7.06. The Bertz CT molecular complexity index is 889. The number of aryl methyl sites for hydroxylation is 1. The van der Waals surface area contributed by atoms with E-state index in [0.29, 0.717) is 35.6 Å². The number of esters is 1. The van der Waals surface area contributed by atoms with Gasteiger partial charge in [0.2, 0.25) is 5.91 Å². The zero-order valence-corrected chi connectivity index (χ0v) is 16.4. The highest BCUT2D eigenvalue weighted by Gasteiger charge is 2.31. The molecule has 0 aliphatic carbocycles. The lowest BCUT2D eigenvalue weighted by atomic mass is 9.96. The number of benzene rings is 1. The van der Waals surface area contributed by atoms with Crippen LogP contribution in [0.15, 0.2) is 30.3 Å². The number of rotatable bonds is 4. The van der Waals surface area contributed by atoms with Crippen molar-refractivity contribution in [1.29, 1.82) is 0 Å². The smallest absolute Gasteiger partial charge is 0.339 e. The summed E-state index contributed by atoms with van der Waals surface area (Å²) in [4.78, 5) is 42.3. The quantitative estimate of drug-likeness (QED) is 0.794. The van der Waals surface area contributed by atoms with Gasteiger partial charge in [-0.2, -0.15) is 0 Å². The van der Waals surface area contributed by atoms with Crippen molar-refractivity contribution in [2.75, 3.05) is 25.5 Å². The molecule has 0 saturated carbocycles. The molecule has 2 amide bonds. The zero-order chi connectivity index (χ0) is 20.3. The van der Waals surface area contributed by atoms with Gasteiger partial charge in [0, 0.05) is 24.5 Å². The van der Waals surface area contributed by atoms with Crippen molar-refractivity contribution in [2.45, 2.75) is 26.7 Å². The summed E-state index contributed by atoms with van der Waals surface area (Å²) in [6, 6.07) is 9.29. The molecule has 1 atom stereocenters. The van der Waals surface area contributed by atoms with E-state index < -0.39 is 5.97 Å². The number of piperidine rings is 1. The molecule has 28 heavy (non-hydrogen) atoms. The molecule has 1 aliphatic rings. The van der Waals surface area contributed by atoms with Crippen molar-refractivity contribution in [3.8, 4) is 0 Å². The van der Waals surface area contributed by atoms with Crippen molar-refractivity contribution in [2.24, 2.45) is 5.92 Å². The fraction of sp³-hybridized carbons (Fsp3) is 0.381. The third-order valence-electron chi connectivity index (χ3n) is 5.16. The number of methoxy groups -OCH3 is 1. The van der Waals surface area contributed by atoms with Gasteiger partial charge in [0.25, 0.3) is 5.91 Å². The number of hydrogen-bond donors (Lipinski definition) is 2. The van der Waals surface area contributed by atoms with Gasteiger partial charge in [-0.25, -0.2) is 4.79 Å². The van der Waals surface area contributed by atoms with Gasteiger partial charge < -0.3 is 19.9 Å². The summed E-state index contributed by atoms with van der Waals surface area (Å²) in [7, 11) is 1.32. The second kappa shape index (κ2) is 8.29. The standard InChI is InChI=1S/C21H25N3O4/c1-13-17(21(27)28-3)14(2)22-18(13)20(26)24-11-7-8-15(12-24)19(25)23-16-9-5-4-6-10-16/h4-6,9-10,15,22H,7-8,11-12H2,1-3H3,(H,23,25). The Balaban J connectivity index is 1.73. The molecule has 7 nitrogen and oxygen atoms in total. The Morgan fingerprint density at radius 1 is 1.18 bits per heavy atom. The third kappa shape index (κ3) is 3.93. The normalized spacial score (nSPS) is 16.5. The maximum atomic E-state index is 13.0. The number of likely N-dealkylation sites (tertiary alicyclic amines) is 1. The predicted molar refractivity (Wildman–Crippen MR) is 105 cm³/mol. The molecular weight excluding hydrogens is 358 g/mol. The molecule has 0 radical (unpaired) electrons. The Morgan fingerprint density at radius 3 is 2.57 bits per heavy atom. The average molecular weight is 383 g/mol. The van der Waals surface area contributed by atoms with E-state index in [1.807, 2.05) is 30.3 Å². The van der Waals surface area contributed by atoms with Gasteiger partial charge in [-0.1, -0.05) is 18.2 Å². The van der Waals surface area contributed by atoms with Crippen LogP contribution in [0.25, 0.3) is 0 Å². The maximum absolute atomic E-state index is 13.0. The first kappa shape index (κ1) is 19.7. The Morgan fingerprint density at radius 2 is 1.89 bits per heavy atom. The summed E-state index contributed by atoms with van der Waals surface area (Å²) in [6.07, 6.45) is 1.49. The molecule has 1 saturated heterocycles. The number of amides is 2. The first-order valence-corrected chi connectivity index (χ1v) is 9.35. The number of aromatic amines is 1. The van der Waals surface area contributed by atoms with E-state index in [9.17, 15) is 14.4 Å².